The number of ether oxygens (including phenoxy) is 1. The van der Waals surface area contributed by atoms with Crippen molar-refractivity contribution in [2.45, 2.75) is 19.6 Å². The fourth-order valence-electron chi connectivity index (χ4n) is 2.17. The number of amides is 1. The van der Waals surface area contributed by atoms with Gasteiger partial charge in [-0.25, -0.2) is 14.8 Å². The smallest absolute Gasteiger partial charge is 0.358 e. The molecule has 0 spiro atoms. The first kappa shape index (κ1) is 19.8. The molecule has 0 saturated carbocycles. The molecule has 0 radical (unpaired) electrons. The van der Waals surface area contributed by atoms with E-state index in [1.807, 2.05) is 30.3 Å². The van der Waals surface area contributed by atoms with Crippen LogP contribution in [0.5, 0.6) is 0 Å². The van der Waals surface area contributed by atoms with Gasteiger partial charge in [-0.15, -0.1) is 11.3 Å². The molecule has 0 saturated heterocycles. The zero-order chi connectivity index (χ0) is 19.9. The number of aromatic nitrogens is 2. The molecule has 0 unspecified atom stereocenters. The van der Waals surface area contributed by atoms with E-state index < -0.39 is 18.0 Å². The maximum absolute atomic E-state index is 12.2. The first-order valence-corrected chi connectivity index (χ1v) is 9.64. The number of thiazole rings is 1. The minimum Gasteiger partial charge on any atom is -0.448 e. The summed E-state index contributed by atoms with van der Waals surface area (Å²) >= 11 is 7.04. The Labute approximate surface area is 170 Å². The SMILES string of the molecule is C[C@H](OC(=O)c1csc(NCc2ccccc2)n1)C(=O)Nc1ccc(Cl)cn1. The highest BCUT2D eigenvalue weighted by atomic mass is 35.5. The Bertz CT molecular complexity index is 947. The van der Waals surface area contributed by atoms with Crippen LogP contribution in [0.4, 0.5) is 10.9 Å². The molecule has 2 heterocycles. The third-order valence-electron chi connectivity index (χ3n) is 3.63. The summed E-state index contributed by atoms with van der Waals surface area (Å²) in [7, 11) is 0. The van der Waals surface area contributed by atoms with Crippen molar-refractivity contribution < 1.29 is 14.3 Å². The number of rotatable bonds is 7. The van der Waals surface area contributed by atoms with Crippen molar-refractivity contribution in [2.75, 3.05) is 10.6 Å². The van der Waals surface area contributed by atoms with E-state index in [0.29, 0.717) is 22.5 Å². The van der Waals surface area contributed by atoms with Gasteiger partial charge in [0.2, 0.25) is 0 Å². The topological polar surface area (TPSA) is 93.2 Å². The number of nitrogens with zero attached hydrogens (tertiary/aromatic N) is 2. The van der Waals surface area contributed by atoms with E-state index in [-0.39, 0.29) is 5.69 Å². The van der Waals surface area contributed by atoms with E-state index >= 15 is 0 Å². The number of anilines is 2. The molecule has 0 aliphatic rings. The van der Waals surface area contributed by atoms with E-state index in [1.54, 1.807) is 17.5 Å². The zero-order valence-electron chi connectivity index (χ0n) is 14.9. The number of esters is 1. The van der Waals surface area contributed by atoms with Gasteiger partial charge in [0.25, 0.3) is 5.91 Å². The average molecular weight is 417 g/mol. The third-order valence-corrected chi connectivity index (χ3v) is 4.66. The van der Waals surface area contributed by atoms with Gasteiger partial charge < -0.3 is 15.4 Å². The summed E-state index contributed by atoms with van der Waals surface area (Å²) in [6, 6.07) is 13.0. The number of carbonyl (C=O) groups excluding carboxylic acids is 2. The van der Waals surface area contributed by atoms with Gasteiger partial charge in [-0.05, 0) is 24.6 Å². The van der Waals surface area contributed by atoms with Gasteiger partial charge in [-0.3, -0.25) is 4.79 Å². The lowest BCUT2D eigenvalue weighted by Crippen LogP contribution is -2.30. The molecule has 3 aromatic rings. The van der Waals surface area contributed by atoms with Crippen molar-refractivity contribution in [3.05, 3.63) is 70.3 Å². The van der Waals surface area contributed by atoms with E-state index in [2.05, 4.69) is 20.6 Å². The lowest BCUT2D eigenvalue weighted by Gasteiger charge is -2.12. The number of pyridine rings is 1. The Kier molecular flexibility index (Phi) is 6.57. The molecule has 1 aromatic carbocycles. The van der Waals surface area contributed by atoms with Crippen molar-refractivity contribution >= 4 is 45.8 Å². The van der Waals surface area contributed by atoms with Gasteiger partial charge in [-0.2, -0.15) is 0 Å². The minimum atomic E-state index is -1.01. The Morgan fingerprint density at radius 1 is 1.21 bits per heavy atom. The van der Waals surface area contributed by atoms with Crippen molar-refractivity contribution in [3.8, 4) is 0 Å². The second-order valence-corrected chi connectivity index (χ2v) is 7.07. The first-order valence-electron chi connectivity index (χ1n) is 8.38. The van der Waals surface area contributed by atoms with Crippen molar-refractivity contribution in [1.29, 1.82) is 0 Å². The summed E-state index contributed by atoms with van der Waals surface area (Å²) < 4.78 is 5.18. The standard InChI is InChI=1S/C19H17ClN4O3S/c1-12(17(25)24-16-8-7-14(20)10-21-16)27-18(26)15-11-28-19(23-15)22-9-13-5-3-2-4-6-13/h2-8,10-12H,9H2,1H3,(H,22,23)(H,21,24,25)/t12-/m0/s1. The number of halogens is 1. The van der Waals surface area contributed by atoms with Crippen molar-refractivity contribution in [1.82, 2.24) is 9.97 Å². The van der Waals surface area contributed by atoms with Gasteiger partial charge in [0.15, 0.2) is 16.9 Å². The Morgan fingerprint density at radius 2 is 2.00 bits per heavy atom. The highest BCUT2D eigenvalue weighted by Crippen LogP contribution is 2.18. The van der Waals surface area contributed by atoms with Gasteiger partial charge in [0, 0.05) is 18.1 Å². The van der Waals surface area contributed by atoms with E-state index in [0.717, 1.165) is 5.56 Å². The lowest BCUT2D eigenvalue weighted by molar-refractivity contribution is -0.123. The van der Waals surface area contributed by atoms with Crippen LogP contribution in [0.2, 0.25) is 5.02 Å². The monoisotopic (exact) mass is 416 g/mol. The van der Waals surface area contributed by atoms with Gasteiger partial charge in [-0.1, -0.05) is 41.9 Å². The quantitative estimate of drug-likeness (QED) is 0.566. The summed E-state index contributed by atoms with van der Waals surface area (Å²) in [5, 5.41) is 8.34. The maximum Gasteiger partial charge on any atom is 0.358 e. The van der Waals surface area contributed by atoms with Crippen LogP contribution >= 0.6 is 22.9 Å². The molecule has 1 amide bonds. The van der Waals surface area contributed by atoms with Crippen LogP contribution < -0.4 is 10.6 Å². The van der Waals surface area contributed by atoms with Crippen LogP contribution in [0.3, 0.4) is 0 Å². The second-order valence-electron chi connectivity index (χ2n) is 5.78. The Hall–Kier alpha value is -2.97. The Morgan fingerprint density at radius 3 is 2.71 bits per heavy atom. The molecular formula is C19H17ClN4O3S. The molecule has 1 atom stereocenters. The largest absolute Gasteiger partial charge is 0.448 e. The lowest BCUT2D eigenvalue weighted by atomic mass is 10.2. The van der Waals surface area contributed by atoms with Crippen LogP contribution in [-0.4, -0.2) is 27.9 Å². The van der Waals surface area contributed by atoms with Crippen molar-refractivity contribution in [2.24, 2.45) is 0 Å². The molecule has 144 valence electrons. The zero-order valence-corrected chi connectivity index (χ0v) is 16.5. The van der Waals surface area contributed by atoms with Gasteiger partial charge in [0.05, 0.1) is 5.02 Å². The highest BCUT2D eigenvalue weighted by Gasteiger charge is 2.21. The molecule has 7 nitrogen and oxygen atoms in total. The summed E-state index contributed by atoms with van der Waals surface area (Å²) in [5.41, 5.74) is 1.24. The fraction of sp³-hybridized carbons (Fsp3) is 0.158. The normalized spacial score (nSPS) is 11.5. The molecule has 0 bridgehead atoms. The predicted molar refractivity (Wildman–Crippen MR) is 109 cm³/mol. The van der Waals surface area contributed by atoms with E-state index in [1.165, 1.54) is 24.5 Å². The third kappa shape index (κ3) is 5.51. The maximum atomic E-state index is 12.2. The fourth-order valence-corrected chi connectivity index (χ4v) is 2.96. The molecule has 0 aliphatic carbocycles. The summed E-state index contributed by atoms with van der Waals surface area (Å²) in [4.78, 5) is 32.5. The molecule has 3 rings (SSSR count). The van der Waals surface area contributed by atoms with Crippen molar-refractivity contribution in [3.63, 3.8) is 0 Å². The number of nitrogens with one attached hydrogen (secondary N) is 2. The summed E-state index contributed by atoms with van der Waals surface area (Å²) in [5.74, 6) is -0.852. The molecule has 9 heteroatoms. The van der Waals surface area contributed by atoms with Crippen LogP contribution in [0, 0.1) is 0 Å². The van der Waals surface area contributed by atoms with Gasteiger partial charge >= 0.3 is 5.97 Å². The molecule has 28 heavy (non-hydrogen) atoms. The molecule has 2 N–H and O–H groups in total. The van der Waals surface area contributed by atoms with Crippen LogP contribution in [0.15, 0.2) is 54.0 Å². The molecule has 0 fully saturated rings. The number of benzene rings is 1. The number of hydrogen-bond acceptors (Lipinski definition) is 7. The number of hydrogen-bond donors (Lipinski definition) is 2. The second kappa shape index (κ2) is 9.29. The van der Waals surface area contributed by atoms with Gasteiger partial charge in [0.1, 0.15) is 5.82 Å². The first-order chi connectivity index (χ1) is 13.5. The highest BCUT2D eigenvalue weighted by molar-refractivity contribution is 7.13. The minimum absolute atomic E-state index is 0.143. The van der Waals surface area contributed by atoms with E-state index in [9.17, 15) is 9.59 Å². The van der Waals surface area contributed by atoms with Crippen LogP contribution in [0.1, 0.15) is 23.0 Å². The summed E-state index contributed by atoms with van der Waals surface area (Å²) in [6.45, 7) is 2.07. The molecule has 2 aromatic heterocycles. The average Bonchev–Trinajstić information content (AvgIpc) is 3.18. The van der Waals surface area contributed by atoms with Crippen LogP contribution in [0.25, 0.3) is 0 Å². The van der Waals surface area contributed by atoms with E-state index in [4.69, 9.17) is 16.3 Å². The molecule has 0 aliphatic heterocycles. The predicted octanol–water partition coefficient (Wildman–Crippen LogP) is 3.99. The summed E-state index contributed by atoms with van der Waals surface area (Å²) in [6.07, 6.45) is 0.403. The Balaban J connectivity index is 1.51. The number of carbonyl (C=O) groups is 2. The molecular weight excluding hydrogens is 400 g/mol. The van der Waals surface area contributed by atoms with Crippen LogP contribution in [-0.2, 0) is 16.1 Å².